The molecule has 0 fully saturated rings. The molecule has 0 radical (unpaired) electrons. The van der Waals surface area contributed by atoms with Crippen molar-refractivity contribution >= 4 is 10.0 Å². The van der Waals surface area contributed by atoms with Gasteiger partial charge in [0, 0.05) is 26.8 Å². The van der Waals surface area contributed by atoms with Gasteiger partial charge in [-0.05, 0) is 6.42 Å². The van der Waals surface area contributed by atoms with Gasteiger partial charge in [-0.25, -0.2) is 13.1 Å². The van der Waals surface area contributed by atoms with Crippen LogP contribution in [-0.2, 0) is 14.8 Å². The molecule has 0 spiro atoms. The van der Waals surface area contributed by atoms with Crippen LogP contribution in [0.15, 0.2) is 0 Å². The molecule has 0 amide bonds. The summed E-state index contributed by atoms with van der Waals surface area (Å²) in [6.45, 7) is 1.13. The molecule has 0 aromatic carbocycles. The van der Waals surface area contributed by atoms with Gasteiger partial charge >= 0.3 is 0 Å². The summed E-state index contributed by atoms with van der Waals surface area (Å²) in [4.78, 5) is 0. The summed E-state index contributed by atoms with van der Waals surface area (Å²) in [5.41, 5.74) is 5.10. The standard InChI is InChI=1S/C6H16N2O3S/c1-11-5-2-4-8-12(9,10)6-3-7/h8H,2-7H2,1H3. The van der Waals surface area contributed by atoms with Crippen molar-refractivity contribution in [3.63, 3.8) is 0 Å². The SMILES string of the molecule is COCCCNS(=O)(=O)CCN. The molecule has 6 heteroatoms. The lowest BCUT2D eigenvalue weighted by molar-refractivity contribution is 0.196. The number of nitrogens with two attached hydrogens (primary N) is 1. The Morgan fingerprint density at radius 3 is 2.67 bits per heavy atom. The third kappa shape index (κ3) is 6.53. The van der Waals surface area contributed by atoms with Crippen molar-refractivity contribution in [2.45, 2.75) is 6.42 Å². The Bertz CT molecular complexity index is 191. The number of rotatable bonds is 7. The van der Waals surface area contributed by atoms with E-state index < -0.39 is 10.0 Å². The maximum atomic E-state index is 11.0. The molecular weight excluding hydrogens is 180 g/mol. The molecular formula is C6H16N2O3S. The number of methoxy groups -OCH3 is 1. The highest BCUT2D eigenvalue weighted by molar-refractivity contribution is 7.89. The quantitative estimate of drug-likeness (QED) is 0.506. The number of sulfonamides is 1. The maximum Gasteiger partial charge on any atom is 0.212 e. The van der Waals surface area contributed by atoms with E-state index in [1.54, 1.807) is 7.11 Å². The van der Waals surface area contributed by atoms with Crippen molar-refractivity contribution in [1.29, 1.82) is 0 Å². The van der Waals surface area contributed by atoms with Crippen LogP contribution in [-0.4, -0.2) is 41.0 Å². The van der Waals surface area contributed by atoms with E-state index in [1.807, 2.05) is 0 Å². The summed E-state index contributed by atoms with van der Waals surface area (Å²) < 4.78 is 29.1. The van der Waals surface area contributed by atoms with Gasteiger partial charge in [0.05, 0.1) is 5.75 Å². The molecule has 0 atom stereocenters. The molecule has 0 heterocycles. The summed E-state index contributed by atoms with van der Waals surface area (Å²) in [7, 11) is -1.56. The van der Waals surface area contributed by atoms with Crippen LogP contribution in [0.1, 0.15) is 6.42 Å². The fourth-order valence-corrected chi connectivity index (χ4v) is 1.58. The van der Waals surface area contributed by atoms with Crippen LogP contribution in [0.3, 0.4) is 0 Å². The van der Waals surface area contributed by atoms with E-state index in [0.717, 1.165) is 0 Å². The Morgan fingerprint density at radius 2 is 2.17 bits per heavy atom. The lowest BCUT2D eigenvalue weighted by atomic mass is 10.5. The number of hydrogen-bond donors (Lipinski definition) is 2. The lowest BCUT2D eigenvalue weighted by Crippen LogP contribution is -2.30. The number of hydrogen-bond acceptors (Lipinski definition) is 4. The fraction of sp³-hybridized carbons (Fsp3) is 1.00. The van der Waals surface area contributed by atoms with Crippen molar-refractivity contribution in [3.05, 3.63) is 0 Å². The molecule has 0 bridgehead atoms. The molecule has 0 aromatic heterocycles. The van der Waals surface area contributed by atoms with Crippen molar-refractivity contribution < 1.29 is 13.2 Å². The van der Waals surface area contributed by atoms with Gasteiger partial charge in [-0.1, -0.05) is 0 Å². The van der Waals surface area contributed by atoms with E-state index in [1.165, 1.54) is 0 Å². The van der Waals surface area contributed by atoms with Gasteiger partial charge in [0.2, 0.25) is 10.0 Å². The van der Waals surface area contributed by atoms with E-state index in [-0.39, 0.29) is 12.3 Å². The summed E-state index contributed by atoms with van der Waals surface area (Å²) in [5.74, 6) is -0.0139. The van der Waals surface area contributed by atoms with E-state index in [0.29, 0.717) is 19.6 Å². The molecule has 0 aliphatic carbocycles. The number of nitrogens with one attached hydrogen (secondary N) is 1. The Labute approximate surface area is 73.3 Å². The largest absolute Gasteiger partial charge is 0.385 e. The molecule has 3 N–H and O–H groups in total. The molecule has 0 saturated carbocycles. The van der Waals surface area contributed by atoms with Crippen LogP contribution in [0.25, 0.3) is 0 Å². The second-order valence-corrected chi connectivity index (χ2v) is 4.27. The second-order valence-electron chi connectivity index (χ2n) is 2.35. The molecule has 0 aromatic rings. The minimum absolute atomic E-state index is 0.0139. The third-order valence-corrected chi connectivity index (χ3v) is 2.65. The molecule has 0 aliphatic heterocycles. The Kier molecular flexibility index (Phi) is 6.27. The first-order chi connectivity index (χ1) is 5.62. The van der Waals surface area contributed by atoms with Crippen molar-refractivity contribution in [2.75, 3.05) is 32.6 Å². The monoisotopic (exact) mass is 196 g/mol. The predicted molar refractivity (Wildman–Crippen MR) is 47.3 cm³/mol. The van der Waals surface area contributed by atoms with Crippen LogP contribution in [0, 0.1) is 0 Å². The first kappa shape index (κ1) is 11.8. The Balaban J connectivity index is 3.48. The number of ether oxygens (including phenoxy) is 1. The maximum absolute atomic E-state index is 11.0. The van der Waals surface area contributed by atoms with Crippen LogP contribution in [0.5, 0.6) is 0 Å². The third-order valence-electron chi connectivity index (χ3n) is 1.23. The Hall–Kier alpha value is -0.170. The van der Waals surface area contributed by atoms with E-state index in [2.05, 4.69) is 4.72 Å². The van der Waals surface area contributed by atoms with E-state index in [9.17, 15) is 8.42 Å². The van der Waals surface area contributed by atoms with Crippen molar-refractivity contribution in [3.8, 4) is 0 Å². The minimum atomic E-state index is -3.14. The van der Waals surface area contributed by atoms with Crippen molar-refractivity contribution in [2.24, 2.45) is 5.73 Å². The van der Waals surface area contributed by atoms with Crippen LogP contribution in [0.4, 0.5) is 0 Å². The van der Waals surface area contributed by atoms with Crippen LogP contribution >= 0.6 is 0 Å². The molecule has 74 valence electrons. The van der Waals surface area contributed by atoms with E-state index >= 15 is 0 Å². The zero-order valence-electron chi connectivity index (χ0n) is 7.25. The van der Waals surface area contributed by atoms with Crippen molar-refractivity contribution in [1.82, 2.24) is 4.72 Å². The van der Waals surface area contributed by atoms with Gasteiger partial charge in [-0.3, -0.25) is 0 Å². The highest BCUT2D eigenvalue weighted by Gasteiger charge is 2.06. The Morgan fingerprint density at radius 1 is 1.50 bits per heavy atom. The second kappa shape index (κ2) is 6.36. The average molecular weight is 196 g/mol. The zero-order chi connectivity index (χ0) is 9.45. The van der Waals surface area contributed by atoms with Gasteiger partial charge < -0.3 is 10.5 Å². The van der Waals surface area contributed by atoms with E-state index in [4.69, 9.17) is 10.5 Å². The summed E-state index contributed by atoms with van der Waals surface area (Å²) in [6.07, 6.45) is 0.681. The minimum Gasteiger partial charge on any atom is -0.385 e. The molecule has 0 rings (SSSR count). The highest BCUT2D eigenvalue weighted by atomic mass is 32.2. The van der Waals surface area contributed by atoms with Gasteiger partial charge in [-0.15, -0.1) is 0 Å². The van der Waals surface area contributed by atoms with Gasteiger partial charge in [0.25, 0.3) is 0 Å². The first-order valence-electron chi connectivity index (χ1n) is 3.78. The molecule has 5 nitrogen and oxygen atoms in total. The van der Waals surface area contributed by atoms with Crippen LogP contribution in [0.2, 0.25) is 0 Å². The molecule has 12 heavy (non-hydrogen) atoms. The van der Waals surface area contributed by atoms with Gasteiger partial charge in [0.15, 0.2) is 0 Å². The molecule has 0 aliphatic rings. The normalized spacial score (nSPS) is 11.8. The average Bonchev–Trinajstić information content (AvgIpc) is 1.98. The van der Waals surface area contributed by atoms with Crippen LogP contribution < -0.4 is 10.5 Å². The first-order valence-corrected chi connectivity index (χ1v) is 5.44. The summed E-state index contributed by atoms with van der Waals surface area (Å²) in [5, 5.41) is 0. The highest BCUT2D eigenvalue weighted by Crippen LogP contribution is 1.84. The summed E-state index contributed by atoms with van der Waals surface area (Å²) in [6, 6.07) is 0. The summed E-state index contributed by atoms with van der Waals surface area (Å²) >= 11 is 0. The van der Waals surface area contributed by atoms with Gasteiger partial charge in [0.1, 0.15) is 0 Å². The lowest BCUT2D eigenvalue weighted by Gasteiger charge is -2.03. The molecule has 0 unspecified atom stereocenters. The predicted octanol–water partition coefficient (Wildman–Crippen LogP) is -1.10. The fourth-order valence-electron chi connectivity index (χ4n) is 0.671. The smallest absolute Gasteiger partial charge is 0.212 e. The topological polar surface area (TPSA) is 81.4 Å². The molecule has 0 saturated heterocycles. The van der Waals surface area contributed by atoms with Gasteiger partial charge in [-0.2, -0.15) is 0 Å². The zero-order valence-corrected chi connectivity index (χ0v) is 8.06.